The van der Waals surface area contributed by atoms with Gasteiger partial charge in [-0.1, -0.05) is 50.2 Å². The first-order valence-corrected chi connectivity index (χ1v) is 13.1. The van der Waals surface area contributed by atoms with Crippen LogP contribution in [0, 0.1) is 11.6 Å². The molecule has 10 heteroatoms. The zero-order chi connectivity index (χ0) is 27.9. The van der Waals surface area contributed by atoms with Crippen molar-refractivity contribution in [2.45, 2.75) is 76.0 Å². The van der Waals surface area contributed by atoms with Gasteiger partial charge >= 0.3 is 0 Å². The molecular formula is C28H37F2N5O2S. The van der Waals surface area contributed by atoms with E-state index in [9.17, 15) is 19.1 Å². The Bertz CT molecular complexity index is 1150. The molecule has 2 aromatic carbocycles. The first-order chi connectivity index (χ1) is 18.0. The third-order valence-electron chi connectivity index (χ3n) is 7.10. The number of hydrogen-bond donors (Lipinski definition) is 5. The fourth-order valence-corrected chi connectivity index (χ4v) is 5.10. The van der Waals surface area contributed by atoms with E-state index in [1.807, 2.05) is 6.07 Å². The Balaban J connectivity index is 1.87. The summed E-state index contributed by atoms with van der Waals surface area (Å²) in [5.74, 6) is -1.40. The summed E-state index contributed by atoms with van der Waals surface area (Å²) < 4.78 is 27.7. The maximum atomic E-state index is 13.8. The standard InChI is InChI=1S/C28H37F2N5O2S/c1-27(2,3)19-5-4-6-20(14-19)28(9-7-23(35-37)8-10-28)33-16-25(36)24(34-26(38)32-17-31)13-18-11-21(29)15-22(30)12-18/h4-6,11-12,14-15,17,24-25,33,36-37H,7-10,13,16H2,1-3H3,(H3,31,32,34,38). The van der Waals surface area contributed by atoms with Crippen LogP contribution in [0.4, 0.5) is 8.78 Å². The van der Waals surface area contributed by atoms with E-state index in [-0.39, 0.29) is 23.5 Å². The van der Waals surface area contributed by atoms with Crippen LogP contribution >= 0.6 is 12.2 Å². The minimum atomic E-state index is -0.997. The van der Waals surface area contributed by atoms with Crippen LogP contribution in [0.3, 0.4) is 0 Å². The number of benzene rings is 2. The van der Waals surface area contributed by atoms with Crippen molar-refractivity contribution in [3.05, 3.63) is 70.8 Å². The lowest BCUT2D eigenvalue weighted by atomic mass is 9.74. The maximum Gasteiger partial charge on any atom is 0.194 e. The molecule has 2 atom stereocenters. The van der Waals surface area contributed by atoms with Crippen molar-refractivity contribution in [2.24, 2.45) is 15.9 Å². The molecule has 0 aliphatic heterocycles. The normalized spacial score (nSPS) is 19.8. The lowest BCUT2D eigenvalue weighted by molar-refractivity contribution is 0.115. The van der Waals surface area contributed by atoms with E-state index in [0.717, 1.165) is 23.7 Å². The Hall–Kier alpha value is -2.95. The second-order valence-corrected chi connectivity index (χ2v) is 11.2. The van der Waals surface area contributed by atoms with Crippen LogP contribution in [-0.4, -0.2) is 46.2 Å². The number of nitrogens with zero attached hydrogens (tertiary/aromatic N) is 2. The molecule has 2 unspecified atom stereocenters. The Morgan fingerprint density at radius 3 is 2.39 bits per heavy atom. The Labute approximate surface area is 228 Å². The van der Waals surface area contributed by atoms with E-state index in [1.54, 1.807) is 0 Å². The Kier molecular flexibility index (Phi) is 9.92. The van der Waals surface area contributed by atoms with Crippen molar-refractivity contribution in [1.82, 2.24) is 10.6 Å². The van der Waals surface area contributed by atoms with Crippen LogP contribution in [-0.2, 0) is 17.4 Å². The molecule has 0 spiro atoms. The number of nitrogens with two attached hydrogens (primary N) is 1. The van der Waals surface area contributed by atoms with Crippen LogP contribution < -0.4 is 16.4 Å². The van der Waals surface area contributed by atoms with Gasteiger partial charge < -0.3 is 26.7 Å². The molecule has 1 aliphatic carbocycles. The van der Waals surface area contributed by atoms with Crippen molar-refractivity contribution in [3.8, 4) is 0 Å². The number of aliphatic hydroxyl groups is 1. The summed E-state index contributed by atoms with van der Waals surface area (Å²) in [5, 5.41) is 30.6. The molecule has 3 rings (SSSR count). The number of aliphatic hydroxyl groups excluding tert-OH is 1. The predicted molar refractivity (Wildman–Crippen MR) is 151 cm³/mol. The summed E-state index contributed by atoms with van der Waals surface area (Å²) in [6.45, 7) is 6.64. The van der Waals surface area contributed by atoms with Gasteiger partial charge in [-0.3, -0.25) is 0 Å². The molecule has 0 amide bonds. The zero-order valence-electron chi connectivity index (χ0n) is 22.0. The molecule has 1 saturated carbocycles. The van der Waals surface area contributed by atoms with E-state index < -0.39 is 29.3 Å². The molecule has 0 bridgehead atoms. The number of halogens is 2. The van der Waals surface area contributed by atoms with E-state index >= 15 is 0 Å². The smallest absolute Gasteiger partial charge is 0.194 e. The molecule has 0 saturated heterocycles. The van der Waals surface area contributed by atoms with Gasteiger partial charge in [0.05, 0.1) is 24.2 Å². The number of aliphatic imine (C=N–C) groups is 1. The summed E-state index contributed by atoms with van der Waals surface area (Å²) in [5.41, 5.74) is 8.24. The van der Waals surface area contributed by atoms with Crippen molar-refractivity contribution >= 4 is 29.4 Å². The average molecular weight is 546 g/mol. The first kappa shape index (κ1) is 29.6. The lowest BCUT2D eigenvalue weighted by Gasteiger charge is -2.41. The quantitative estimate of drug-likeness (QED) is 0.111. The molecule has 2 aromatic rings. The summed E-state index contributed by atoms with van der Waals surface area (Å²) in [6.07, 6.45) is 2.72. The fourth-order valence-electron chi connectivity index (χ4n) is 4.89. The molecule has 1 aliphatic rings. The van der Waals surface area contributed by atoms with Gasteiger partial charge in [-0.15, -0.1) is 0 Å². The summed E-state index contributed by atoms with van der Waals surface area (Å²) in [6, 6.07) is 11.0. The number of hydrogen-bond acceptors (Lipinski definition) is 5. The van der Waals surface area contributed by atoms with Gasteiger partial charge in [0.1, 0.15) is 11.6 Å². The van der Waals surface area contributed by atoms with Gasteiger partial charge in [-0.25, -0.2) is 13.8 Å². The van der Waals surface area contributed by atoms with Gasteiger partial charge in [0.2, 0.25) is 0 Å². The molecule has 0 heterocycles. The summed E-state index contributed by atoms with van der Waals surface area (Å²) >= 11 is 5.19. The highest BCUT2D eigenvalue weighted by molar-refractivity contribution is 7.80. The van der Waals surface area contributed by atoms with Crippen molar-refractivity contribution < 1.29 is 19.1 Å². The minimum Gasteiger partial charge on any atom is -0.411 e. The van der Waals surface area contributed by atoms with Gasteiger partial charge in [0.15, 0.2) is 5.11 Å². The van der Waals surface area contributed by atoms with Crippen molar-refractivity contribution in [3.63, 3.8) is 0 Å². The highest BCUT2D eigenvalue weighted by Gasteiger charge is 2.37. The minimum absolute atomic E-state index is 0.0441. The van der Waals surface area contributed by atoms with Crippen molar-refractivity contribution in [2.75, 3.05) is 6.54 Å². The van der Waals surface area contributed by atoms with Gasteiger partial charge in [0.25, 0.3) is 0 Å². The largest absolute Gasteiger partial charge is 0.411 e. The molecule has 206 valence electrons. The molecule has 0 radical (unpaired) electrons. The molecule has 6 N–H and O–H groups in total. The number of nitrogens with one attached hydrogen (secondary N) is 2. The maximum absolute atomic E-state index is 13.8. The van der Waals surface area contributed by atoms with Gasteiger partial charge in [0, 0.05) is 18.2 Å². The van der Waals surface area contributed by atoms with Crippen molar-refractivity contribution in [1.29, 1.82) is 0 Å². The van der Waals surface area contributed by atoms with Gasteiger partial charge in [-0.2, -0.15) is 0 Å². The van der Waals surface area contributed by atoms with Crippen LogP contribution in [0.2, 0.25) is 0 Å². The molecular weight excluding hydrogens is 508 g/mol. The molecule has 7 nitrogen and oxygen atoms in total. The summed E-state index contributed by atoms with van der Waals surface area (Å²) in [7, 11) is 0. The Morgan fingerprint density at radius 1 is 1.16 bits per heavy atom. The Morgan fingerprint density at radius 2 is 1.82 bits per heavy atom. The second kappa shape index (κ2) is 12.7. The molecule has 1 fully saturated rings. The predicted octanol–water partition coefficient (Wildman–Crippen LogP) is 4.29. The topological polar surface area (TPSA) is 115 Å². The van der Waals surface area contributed by atoms with E-state index in [0.29, 0.717) is 31.2 Å². The SMILES string of the molecule is CC(C)(C)c1cccc(C2(NCC(O)C(Cc3cc(F)cc(F)c3)NC(=S)/N=C\N)CCC(=NO)CC2)c1. The van der Waals surface area contributed by atoms with E-state index in [4.69, 9.17) is 18.0 Å². The summed E-state index contributed by atoms with van der Waals surface area (Å²) in [4.78, 5) is 3.84. The van der Waals surface area contributed by atoms with Gasteiger partial charge in [-0.05, 0) is 78.6 Å². The highest BCUT2D eigenvalue weighted by atomic mass is 32.1. The van der Waals surface area contributed by atoms with E-state index in [1.165, 1.54) is 17.7 Å². The third kappa shape index (κ3) is 7.78. The number of rotatable bonds is 8. The monoisotopic (exact) mass is 545 g/mol. The lowest BCUT2D eigenvalue weighted by Crippen LogP contribution is -2.53. The zero-order valence-corrected chi connectivity index (χ0v) is 22.9. The fraction of sp³-hybridized carbons (Fsp3) is 0.464. The van der Waals surface area contributed by atoms with Crippen LogP contribution in [0.25, 0.3) is 0 Å². The van der Waals surface area contributed by atoms with Crippen LogP contribution in [0.1, 0.15) is 63.1 Å². The van der Waals surface area contributed by atoms with Crippen LogP contribution in [0.5, 0.6) is 0 Å². The second-order valence-electron chi connectivity index (χ2n) is 10.8. The van der Waals surface area contributed by atoms with Crippen LogP contribution in [0.15, 0.2) is 52.6 Å². The number of thiocarbonyl (C=S) groups is 1. The average Bonchev–Trinajstić information content (AvgIpc) is 2.86. The van der Waals surface area contributed by atoms with E-state index in [2.05, 4.69) is 59.8 Å². The highest BCUT2D eigenvalue weighted by Crippen LogP contribution is 2.38. The molecule has 0 aromatic heterocycles. The molecule has 38 heavy (non-hydrogen) atoms. The third-order valence-corrected chi connectivity index (χ3v) is 7.32. The first-order valence-electron chi connectivity index (χ1n) is 12.7. The number of oxime groups is 1.